The average Bonchev–Trinajstić information content (AvgIpc) is 2.32. The summed E-state index contributed by atoms with van der Waals surface area (Å²) >= 11 is 5.61. The van der Waals surface area contributed by atoms with Gasteiger partial charge >= 0.3 is 0 Å². The largest absolute Gasteiger partial charge is 0.305 e. The summed E-state index contributed by atoms with van der Waals surface area (Å²) in [4.78, 5) is 16.2. The molecular formula is C12H11ClN4O. The molecule has 5 nitrogen and oxygen atoms in total. The van der Waals surface area contributed by atoms with E-state index in [1.165, 1.54) is 0 Å². The first kappa shape index (κ1) is 12.4. The first-order chi connectivity index (χ1) is 8.56. The maximum Gasteiger partial charge on any atom is 0.258 e. The number of carbonyl (C=O) groups excluding carboxylic acids is 1. The second-order valence-electron chi connectivity index (χ2n) is 3.78. The van der Waals surface area contributed by atoms with Crippen LogP contribution in [0.5, 0.6) is 0 Å². The molecule has 0 spiro atoms. The van der Waals surface area contributed by atoms with Crippen LogP contribution in [0, 0.1) is 13.8 Å². The molecule has 0 fully saturated rings. The number of nitrogens with zero attached hydrogens (tertiary/aromatic N) is 3. The third-order valence-electron chi connectivity index (χ3n) is 2.34. The fraction of sp³-hybridized carbons (Fsp3) is 0.167. The Labute approximate surface area is 109 Å². The number of hydrogen-bond donors (Lipinski definition) is 1. The number of carbonyl (C=O) groups is 1. The quantitative estimate of drug-likeness (QED) is 0.902. The van der Waals surface area contributed by atoms with Crippen LogP contribution >= 0.6 is 11.6 Å². The highest BCUT2D eigenvalue weighted by Gasteiger charge is 2.11. The minimum absolute atomic E-state index is 0.267. The molecule has 0 aliphatic carbocycles. The molecule has 0 aromatic carbocycles. The Morgan fingerprint density at radius 1 is 1.17 bits per heavy atom. The number of anilines is 1. The monoisotopic (exact) mass is 262 g/mol. The van der Waals surface area contributed by atoms with E-state index in [0.29, 0.717) is 17.1 Å². The second kappa shape index (κ2) is 5.10. The lowest BCUT2D eigenvalue weighted by Crippen LogP contribution is -2.15. The van der Waals surface area contributed by atoms with Crippen molar-refractivity contribution in [3.8, 4) is 0 Å². The number of aromatic nitrogens is 3. The molecule has 0 saturated carbocycles. The highest BCUT2D eigenvalue weighted by molar-refractivity contribution is 6.29. The molecule has 6 heteroatoms. The fourth-order valence-electron chi connectivity index (χ4n) is 1.49. The number of pyridine rings is 1. The van der Waals surface area contributed by atoms with Gasteiger partial charge in [-0.1, -0.05) is 11.6 Å². The fourth-order valence-corrected chi connectivity index (χ4v) is 1.59. The van der Waals surface area contributed by atoms with Crippen molar-refractivity contribution in [1.82, 2.24) is 15.2 Å². The molecule has 1 amide bonds. The second-order valence-corrected chi connectivity index (χ2v) is 4.17. The van der Waals surface area contributed by atoms with Gasteiger partial charge in [0.2, 0.25) is 0 Å². The van der Waals surface area contributed by atoms with Crippen molar-refractivity contribution in [3.63, 3.8) is 0 Å². The van der Waals surface area contributed by atoms with Gasteiger partial charge in [-0.05, 0) is 38.1 Å². The van der Waals surface area contributed by atoms with Gasteiger partial charge in [0, 0.05) is 5.69 Å². The minimum atomic E-state index is -0.267. The van der Waals surface area contributed by atoms with Gasteiger partial charge in [0.15, 0.2) is 11.0 Å². The van der Waals surface area contributed by atoms with Crippen molar-refractivity contribution < 1.29 is 4.79 Å². The lowest BCUT2D eigenvalue weighted by atomic mass is 10.2. The van der Waals surface area contributed by atoms with E-state index in [0.717, 1.165) is 5.69 Å². The smallest absolute Gasteiger partial charge is 0.258 e. The number of halogens is 1. The Morgan fingerprint density at radius 3 is 2.56 bits per heavy atom. The van der Waals surface area contributed by atoms with Crippen molar-refractivity contribution in [1.29, 1.82) is 0 Å². The van der Waals surface area contributed by atoms with Gasteiger partial charge in [-0.3, -0.25) is 9.78 Å². The molecule has 0 aliphatic rings. The van der Waals surface area contributed by atoms with Crippen molar-refractivity contribution in [2.45, 2.75) is 13.8 Å². The van der Waals surface area contributed by atoms with Crippen LogP contribution in [0.25, 0.3) is 0 Å². The van der Waals surface area contributed by atoms with Gasteiger partial charge in [-0.25, -0.2) is 0 Å². The zero-order valence-corrected chi connectivity index (χ0v) is 10.7. The van der Waals surface area contributed by atoms with Gasteiger partial charge in [-0.2, -0.15) is 0 Å². The van der Waals surface area contributed by atoms with Crippen LogP contribution in [0.15, 0.2) is 24.3 Å². The molecular weight excluding hydrogens is 252 g/mol. The van der Waals surface area contributed by atoms with Gasteiger partial charge in [0.25, 0.3) is 5.91 Å². The summed E-state index contributed by atoms with van der Waals surface area (Å²) in [5, 5.41) is 10.3. The van der Waals surface area contributed by atoms with Gasteiger partial charge in [0.1, 0.15) is 0 Å². The molecule has 2 aromatic heterocycles. The number of amides is 1. The van der Waals surface area contributed by atoms with Crippen molar-refractivity contribution in [2.24, 2.45) is 0 Å². The van der Waals surface area contributed by atoms with E-state index in [4.69, 9.17) is 11.6 Å². The number of aryl methyl sites for hydroxylation is 2. The third kappa shape index (κ3) is 2.81. The van der Waals surface area contributed by atoms with Gasteiger partial charge < -0.3 is 5.32 Å². The number of hydrogen-bond acceptors (Lipinski definition) is 4. The Balaban J connectivity index is 2.19. The maximum atomic E-state index is 12.0. The molecule has 1 N–H and O–H groups in total. The summed E-state index contributed by atoms with van der Waals surface area (Å²) in [5.41, 5.74) is 2.06. The molecule has 2 aromatic rings. The first-order valence-electron chi connectivity index (χ1n) is 5.31. The molecule has 0 aliphatic heterocycles. The Bertz CT molecular complexity index is 583. The van der Waals surface area contributed by atoms with Crippen LogP contribution in [0.3, 0.4) is 0 Å². The highest BCUT2D eigenvalue weighted by Crippen LogP contribution is 2.11. The molecule has 0 unspecified atom stereocenters. The Hall–Kier alpha value is -2.01. The predicted octanol–water partition coefficient (Wildman–Crippen LogP) is 2.39. The average molecular weight is 263 g/mol. The topological polar surface area (TPSA) is 67.8 Å². The van der Waals surface area contributed by atoms with E-state index in [2.05, 4.69) is 20.5 Å². The van der Waals surface area contributed by atoms with E-state index in [1.807, 2.05) is 6.92 Å². The minimum Gasteiger partial charge on any atom is -0.305 e. The van der Waals surface area contributed by atoms with Crippen LogP contribution in [0.2, 0.25) is 5.15 Å². The van der Waals surface area contributed by atoms with Gasteiger partial charge in [-0.15, -0.1) is 10.2 Å². The summed E-state index contributed by atoms with van der Waals surface area (Å²) in [6.07, 6.45) is 0. The van der Waals surface area contributed by atoms with Crippen LogP contribution in [0.4, 0.5) is 5.82 Å². The van der Waals surface area contributed by atoms with Crippen LogP contribution in [0.1, 0.15) is 21.7 Å². The van der Waals surface area contributed by atoms with E-state index in [-0.39, 0.29) is 11.1 Å². The zero-order chi connectivity index (χ0) is 13.1. The molecule has 0 radical (unpaired) electrons. The molecule has 2 rings (SSSR count). The van der Waals surface area contributed by atoms with Crippen LogP contribution < -0.4 is 5.32 Å². The molecule has 92 valence electrons. The zero-order valence-electron chi connectivity index (χ0n) is 9.94. The van der Waals surface area contributed by atoms with Crippen LogP contribution in [-0.4, -0.2) is 21.1 Å². The van der Waals surface area contributed by atoms with E-state index in [1.54, 1.807) is 31.2 Å². The normalized spacial score (nSPS) is 10.2. The number of nitrogens with one attached hydrogen (secondary N) is 1. The van der Waals surface area contributed by atoms with Crippen molar-refractivity contribution >= 4 is 23.3 Å². The summed E-state index contributed by atoms with van der Waals surface area (Å²) in [7, 11) is 0. The van der Waals surface area contributed by atoms with E-state index in [9.17, 15) is 4.79 Å². The van der Waals surface area contributed by atoms with Crippen molar-refractivity contribution in [3.05, 3.63) is 46.4 Å². The van der Waals surface area contributed by atoms with E-state index < -0.39 is 0 Å². The highest BCUT2D eigenvalue weighted by atomic mass is 35.5. The summed E-state index contributed by atoms with van der Waals surface area (Å²) in [6, 6.07) is 6.67. The SMILES string of the molecule is Cc1ccc(C(=O)Nc2ccc(Cl)nn2)c(C)n1. The molecule has 0 bridgehead atoms. The Morgan fingerprint density at radius 2 is 1.94 bits per heavy atom. The Kier molecular flexibility index (Phi) is 3.53. The molecule has 2 heterocycles. The first-order valence-corrected chi connectivity index (χ1v) is 5.69. The van der Waals surface area contributed by atoms with Gasteiger partial charge in [0.05, 0.1) is 11.3 Å². The molecule has 0 saturated heterocycles. The third-order valence-corrected chi connectivity index (χ3v) is 2.54. The lowest BCUT2D eigenvalue weighted by molar-refractivity contribution is 0.102. The van der Waals surface area contributed by atoms with Crippen LogP contribution in [-0.2, 0) is 0 Å². The summed E-state index contributed by atoms with van der Waals surface area (Å²) < 4.78 is 0. The lowest BCUT2D eigenvalue weighted by Gasteiger charge is -2.06. The number of rotatable bonds is 2. The summed E-state index contributed by atoms with van der Waals surface area (Å²) in [5.74, 6) is 0.0843. The maximum absolute atomic E-state index is 12.0. The molecule has 18 heavy (non-hydrogen) atoms. The summed E-state index contributed by atoms with van der Waals surface area (Å²) in [6.45, 7) is 3.66. The van der Waals surface area contributed by atoms with E-state index >= 15 is 0 Å². The standard InChI is InChI=1S/C12H11ClN4O/c1-7-3-4-9(8(2)14-7)12(18)15-11-6-5-10(13)16-17-11/h3-6H,1-2H3,(H,15,17,18). The molecule has 0 atom stereocenters. The van der Waals surface area contributed by atoms with Crippen molar-refractivity contribution in [2.75, 3.05) is 5.32 Å². The predicted molar refractivity (Wildman–Crippen MR) is 68.7 cm³/mol.